The van der Waals surface area contributed by atoms with Crippen LogP contribution in [0.15, 0.2) is 18.2 Å². The number of benzene rings is 1. The average molecular weight is 497 g/mol. The van der Waals surface area contributed by atoms with Gasteiger partial charge < -0.3 is 20.3 Å². The molecule has 1 aliphatic carbocycles. The minimum Gasteiger partial charge on any atom is -0.380 e. The minimum atomic E-state index is -4.76. The summed E-state index contributed by atoms with van der Waals surface area (Å²) >= 11 is 0. The molecule has 0 radical (unpaired) electrons. The first kappa shape index (κ1) is 26.4. The van der Waals surface area contributed by atoms with Crippen molar-refractivity contribution in [2.24, 2.45) is 7.05 Å². The zero-order valence-electron chi connectivity index (χ0n) is 19.8. The maximum atomic E-state index is 13.5. The Morgan fingerprint density at radius 3 is 2.26 bits per heavy atom. The van der Waals surface area contributed by atoms with Gasteiger partial charge in [0.1, 0.15) is 5.82 Å². The molecule has 1 aromatic heterocycles. The number of aliphatic hydroxyl groups is 1. The first-order valence-corrected chi connectivity index (χ1v) is 11.0. The van der Waals surface area contributed by atoms with Crippen LogP contribution in [0.5, 0.6) is 0 Å². The fourth-order valence-corrected chi connectivity index (χ4v) is 4.43. The summed E-state index contributed by atoms with van der Waals surface area (Å²) in [6.07, 6.45) is -6.19. The maximum Gasteiger partial charge on any atom is 0.417 e. The second kappa shape index (κ2) is 9.44. The number of alkyl halides is 3. The molecule has 2 amide bonds. The summed E-state index contributed by atoms with van der Waals surface area (Å²) in [6.45, 7) is 4.67. The van der Waals surface area contributed by atoms with Crippen LogP contribution < -0.4 is 10.6 Å². The van der Waals surface area contributed by atoms with Gasteiger partial charge in [-0.3, -0.25) is 14.4 Å². The van der Waals surface area contributed by atoms with Crippen molar-refractivity contribution in [2.45, 2.75) is 64.3 Å². The topological polar surface area (TPSA) is 100 Å². The molecule has 1 heterocycles. The first-order chi connectivity index (χ1) is 16.2. The van der Waals surface area contributed by atoms with E-state index in [2.05, 4.69) is 10.6 Å². The van der Waals surface area contributed by atoms with Crippen LogP contribution in [0.3, 0.4) is 0 Å². The molecule has 35 heavy (non-hydrogen) atoms. The third-order valence-electron chi connectivity index (χ3n) is 6.67. The number of aromatic nitrogens is 1. The third-order valence-corrected chi connectivity index (χ3v) is 6.67. The number of halogens is 4. The van der Waals surface area contributed by atoms with Crippen LogP contribution >= 0.6 is 0 Å². The van der Waals surface area contributed by atoms with Crippen LogP contribution in [0, 0.1) is 26.6 Å². The molecule has 1 fully saturated rings. The van der Waals surface area contributed by atoms with Gasteiger partial charge in [0.25, 0.3) is 17.6 Å². The van der Waals surface area contributed by atoms with Crippen molar-refractivity contribution in [2.75, 3.05) is 5.32 Å². The monoisotopic (exact) mass is 497 g/mol. The predicted molar refractivity (Wildman–Crippen MR) is 120 cm³/mol. The standard InChI is InChI=1S/C24H27F4N3O4/c1-12-11-16(5-6-17(12)25)30-21(33)18-13(2)19(31(4)14(18)3)20(32)22(34)29-15-7-9-23(35,10-8-15)24(26,27)28/h5-6,11,15,35H,7-10H2,1-4H3,(H,29,34)(H,30,33). The highest BCUT2D eigenvalue weighted by atomic mass is 19.4. The van der Waals surface area contributed by atoms with Crippen LogP contribution in [0.25, 0.3) is 0 Å². The largest absolute Gasteiger partial charge is 0.417 e. The number of aryl methyl sites for hydroxylation is 1. The summed E-state index contributed by atoms with van der Waals surface area (Å²) in [7, 11) is 1.52. The summed E-state index contributed by atoms with van der Waals surface area (Å²) in [4.78, 5) is 38.5. The SMILES string of the molecule is Cc1cc(NC(=O)c2c(C)c(C(=O)C(=O)NC3CCC(O)(C(F)(F)F)CC3)n(C)c2C)ccc1F. The molecule has 7 nitrogen and oxygen atoms in total. The zero-order valence-corrected chi connectivity index (χ0v) is 19.8. The molecule has 0 unspecified atom stereocenters. The fraction of sp³-hybridized carbons (Fsp3) is 0.458. The zero-order chi connectivity index (χ0) is 26.3. The second-order valence-corrected chi connectivity index (χ2v) is 9.02. The Balaban J connectivity index is 1.75. The van der Waals surface area contributed by atoms with Gasteiger partial charge in [0.2, 0.25) is 0 Å². The molecule has 1 saturated carbocycles. The summed E-state index contributed by atoms with van der Waals surface area (Å²) < 4.78 is 53.9. The first-order valence-electron chi connectivity index (χ1n) is 11.0. The van der Waals surface area contributed by atoms with Gasteiger partial charge in [0.15, 0.2) is 5.60 Å². The van der Waals surface area contributed by atoms with E-state index in [-0.39, 0.29) is 29.7 Å². The molecule has 1 aromatic carbocycles. The third kappa shape index (κ3) is 5.09. The molecule has 3 rings (SSSR count). The molecule has 0 aliphatic heterocycles. The lowest BCUT2D eigenvalue weighted by atomic mass is 9.81. The molecule has 2 aromatic rings. The molecule has 3 N–H and O–H groups in total. The van der Waals surface area contributed by atoms with Gasteiger partial charge in [0.05, 0.1) is 11.3 Å². The second-order valence-electron chi connectivity index (χ2n) is 9.02. The van der Waals surface area contributed by atoms with E-state index in [4.69, 9.17) is 0 Å². The number of amides is 2. The van der Waals surface area contributed by atoms with E-state index in [1.54, 1.807) is 13.8 Å². The van der Waals surface area contributed by atoms with Crippen LogP contribution in [0.2, 0.25) is 0 Å². The van der Waals surface area contributed by atoms with Crippen molar-refractivity contribution in [3.8, 4) is 0 Å². The highest BCUT2D eigenvalue weighted by molar-refractivity contribution is 6.43. The van der Waals surface area contributed by atoms with Crippen LogP contribution in [-0.4, -0.2) is 45.1 Å². The number of rotatable bonds is 5. The van der Waals surface area contributed by atoms with Crippen molar-refractivity contribution < 1.29 is 37.1 Å². The van der Waals surface area contributed by atoms with Gasteiger partial charge in [-0.25, -0.2) is 4.39 Å². The van der Waals surface area contributed by atoms with E-state index < -0.39 is 54.1 Å². The van der Waals surface area contributed by atoms with Crippen molar-refractivity contribution in [1.82, 2.24) is 9.88 Å². The fourth-order valence-electron chi connectivity index (χ4n) is 4.43. The molecule has 1 aliphatic rings. The van der Waals surface area contributed by atoms with Gasteiger partial charge >= 0.3 is 6.18 Å². The van der Waals surface area contributed by atoms with Crippen LogP contribution in [-0.2, 0) is 11.8 Å². The van der Waals surface area contributed by atoms with Crippen LogP contribution in [0.4, 0.5) is 23.2 Å². The lowest BCUT2D eigenvalue weighted by molar-refractivity contribution is -0.270. The number of nitrogens with one attached hydrogen (secondary N) is 2. The summed E-state index contributed by atoms with van der Waals surface area (Å²) in [5.41, 5.74) is -1.26. The highest BCUT2D eigenvalue weighted by Crippen LogP contribution is 2.41. The number of ketones is 1. The van der Waals surface area contributed by atoms with E-state index in [1.807, 2.05) is 0 Å². The Morgan fingerprint density at radius 2 is 1.71 bits per heavy atom. The van der Waals surface area contributed by atoms with Gasteiger partial charge in [-0.2, -0.15) is 13.2 Å². The Kier molecular flexibility index (Phi) is 7.12. The highest BCUT2D eigenvalue weighted by Gasteiger charge is 2.54. The maximum absolute atomic E-state index is 13.5. The summed E-state index contributed by atoms with van der Waals surface area (Å²) in [5.74, 6) is -2.89. The molecule has 0 spiro atoms. The van der Waals surface area contributed by atoms with E-state index in [0.717, 1.165) is 0 Å². The Morgan fingerprint density at radius 1 is 1.11 bits per heavy atom. The molecule has 11 heteroatoms. The van der Waals surface area contributed by atoms with E-state index in [9.17, 15) is 37.1 Å². The Hall–Kier alpha value is -3.21. The van der Waals surface area contributed by atoms with E-state index >= 15 is 0 Å². The lowest BCUT2D eigenvalue weighted by Crippen LogP contribution is -2.52. The molecular formula is C24H27F4N3O4. The van der Waals surface area contributed by atoms with Crippen molar-refractivity contribution in [1.29, 1.82) is 0 Å². The molecular weight excluding hydrogens is 470 g/mol. The molecule has 0 bridgehead atoms. The van der Waals surface area contributed by atoms with E-state index in [0.29, 0.717) is 16.9 Å². The molecule has 0 saturated heterocycles. The smallest absolute Gasteiger partial charge is 0.380 e. The number of carbonyl (C=O) groups is 3. The Bertz CT molecular complexity index is 1180. The van der Waals surface area contributed by atoms with Crippen molar-refractivity contribution >= 4 is 23.3 Å². The van der Waals surface area contributed by atoms with Crippen LogP contribution in [0.1, 0.15) is 63.4 Å². The number of Topliss-reactive ketones (excluding diaryl/α,β-unsaturated/α-hetero) is 1. The number of anilines is 1. The molecule has 0 atom stereocenters. The van der Waals surface area contributed by atoms with Gasteiger partial charge in [-0.15, -0.1) is 0 Å². The number of carbonyl (C=O) groups excluding carboxylic acids is 3. The normalized spacial score (nSPS) is 20.4. The number of nitrogens with zero attached hydrogens (tertiary/aromatic N) is 1. The van der Waals surface area contributed by atoms with Gasteiger partial charge in [-0.05, 0) is 75.8 Å². The predicted octanol–water partition coefficient (Wildman–Crippen LogP) is 3.88. The quantitative estimate of drug-likeness (QED) is 0.332. The lowest BCUT2D eigenvalue weighted by Gasteiger charge is -2.37. The Labute approximate surface area is 199 Å². The minimum absolute atomic E-state index is 0.0250. The van der Waals surface area contributed by atoms with Crippen molar-refractivity contribution in [3.05, 3.63) is 52.1 Å². The molecule has 190 valence electrons. The van der Waals surface area contributed by atoms with E-state index in [1.165, 1.54) is 36.7 Å². The number of hydrogen-bond acceptors (Lipinski definition) is 4. The van der Waals surface area contributed by atoms with Crippen molar-refractivity contribution in [3.63, 3.8) is 0 Å². The summed E-state index contributed by atoms with van der Waals surface area (Å²) in [5, 5.41) is 14.9. The van der Waals surface area contributed by atoms with Gasteiger partial charge in [0, 0.05) is 24.5 Å². The average Bonchev–Trinajstić information content (AvgIpc) is 2.99. The number of hydrogen-bond donors (Lipinski definition) is 3. The summed E-state index contributed by atoms with van der Waals surface area (Å²) in [6, 6.07) is 3.39. The van der Waals surface area contributed by atoms with Gasteiger partial charge in [-0.1, -0.05) is 0 Å².